The van der Waals surface area contributed by atoms with Gasteiger partial charge in [-0.25, -0.2) is 4.99 Å². The Bertz CT molecular complexity index is 1270. The van der Waals surface area contributed by atoms with Gasteiger partial charge in [0.15, 0.2) is 5.17 Å². The highest BCUT2D eigenvalue weighted by Crippen LogP contribution is 2.38. The van der Waals surface area contributed by atoms with Gasteiger partial charge in [-0.1, -0.05) is 29.8 Å². The number of amidine groups is 1. The molecule has 4 rings (SSSR count). The Hall–Kier alpha value is -2.55. The third kappa shape index (κ3) is 6.18. The quantitative estimate of drug-likeness (QED) is 0.255. The summed E-state index contributed by atoms with van der Waals surface area (Å²) in [5.74, 6) is 1.42. The molecule has 0 unspecified atom stereocenters. The SMILES string of the molecule is CCN1C(=O)/C(=C\c2cc(Br)c(OCc3ccc(C)cc3)c(Br)c2)SC1=Nc1ccc(OC)cc1. The molecule has 1 aliphatic heterocycles. The Balaban J connectivity index is 1.54. The van der Waals surface area contributed by atoms with Crippen molar-refractivity contribution < 1.29 is 14.3 Å². The zero-order valence-electron chi connectivity index (χ0n) is 19.5. The number of ether oxygens (including phenoxy) is 2. The number of thioether (sulfide) groups is 1. The first-order chi connectivity index (χ1) is 16.9. The van der Waals surface area contributed by atoms with E-state index in [2.05, 4.69) is 68.0 Å². The van der Waals surface area contributed by atoms with Crippen LogP contribution in [-0.4, -0.2) is 29.6 Å². The number of hydrogen-bond donors (Lipinski definition) is 0. The molecule has 3 aromatic carbocycles. The van der Waals surface area contributed by atoms with E-state index in [-0.39, 0.29) is 5.91 Å². The van der Waals surface area contributed by atoms with Crippen molar-refractivity contribution in [2.45, 2.75) is 20.5 Å². The van der Waals surface area contributed by atoms with Crippen LogP contribution in [0.15, 0.2) is 79.5 Å². The van der Waals surface area contributed by atoms with E-state index in [0.717, 1.165) is 37.3 Å². The molecule has 0 atom stereocenters. The Morgan fingerprint density at radius 1 is 1.03 bits per heavy atom. The first kappa shape index (κ1) is 25.5. The number of likely N-dealkylation sites (N-methyl/N-ethyl adjacent to an activating group) is 1. The summed E-state index contributed by atoms with van der Waals surface area (Å²) in [6, 6.07) is 19.6. The lowest BCUT2D eigenvalue weighted by atomic mass is 10.1. The van der Waals surface area contributed by atoms with E-state index >= 15 is 0 Å². The van der Waals surface area contributed by atoms with Crippen LogP contribution in [0.1, 0.15) is 23.6 Å². The average Bonchev–Trinajstić information content (AvgIpc) is 3.13. The van der Waals surface area contributed by atoms with Gasteiger partial charge in [0.05, 0.1) is 26.6 Å². The summed E-state index contributed by atoms with van der Waals surface area (Å²) < 4.78 is 12.9. The molecular formula is C27H24Br2N2O3S. The van der Waals surface area contributed by atoms with E-state index in [1.54, 1.807) is 12.0 Å². The zero-order chi connectivity index (χ0) is 24.9. The summed E-state index contributed by atoms with van der Waals surface area (Å²) in [4.78, 5) is 20.0. The molecule has 5 nitrogen and oxygen atoms in total. The monoisotopic (exact) mass is 614 g/mol. The largest absolute Gasteiger partial charge is 0.497 e. The van der Waals surface area contributed by atoms with Crippen molar-refractivity contribution in [2.24, 2.45) is 4.99 Å². The number of carbonyl (C=O) groups is 1. The summed E-state index contributed by atoms with van der Waals surface area (Å²) in [5.41, 5.74) is 3.95. The molecular weight excluding hydrogens is 592 g/mol. The fourth-order valence-corrected chi connectivity index (χ4v) is 5.94. The van der Waals surface area contributed by atoms with Gasteiger partial charge >= 0.3 is 0 Å². The number of rotatable bonds is 7. The molecule has 0 aliphatic carbocycles. The second-order valence-electron chi connectivity index (χ2n) is 7.84. The van der Waals surface area contributed by atoms with Crippen LogP contribution in [0.3, 0.4) is 0 Å². The minimum atomic E-state index is -0.0586. The maximum atomic E-state index is 13.0. The molecule has 0 aromatic heterocycles. The third-order valence-corrected chi connectivity index (χ3v) is 7.51. The van der Waals surface area contributed by atoms with Crippen molar-refractivity contribution in [1.82, 2.24) is 4.90 Å². The highest BCUT2D eigenvalue weighted by Gasteiger charge is 2.32. The van der Waals surface area contributed by atoms with Crippen LogP contribution in [0.5, 0.6) is 11.5 Å². The van der Waals surface area contributed by atoms with Gasteiger partial charge < -0.3 is 9.47 Å². The van der Waals surface area contributed by atoms with E-state index in [1.807, 2.05) is 49.4 Å². The lowest BCUT2D eigenvalue weighted by Gasteiger charge is -2.12. The van der Waals surface area contributed by atoms with Gasteiger partial charge in [0.25, 0.3) is 5.91 Å². The third-order valence-electron chi connectivity index (χ3n) is 5.32. The van der Waals surface area contributed by atoms with E-state index < -0.39 is 0 Å². The predicted molar refractivity (Wildman–Crippen MR) is 150 cm³/mol. The summed E-state index contributed by atoms with van der Waals surface area (Å²) in [6.45, 7) is 5.00. The van der Waals surface area contributed by atoms with Crippen LogP contribution < -0.4 is 9.47 Å². The lowest BCUT2D eigenvalue weighted by Crippen LogP contribution is -2.28. The minimum absolute atomic E-state index is 0.0586. The highest BCUT2D eigenvalue weighted by molar-refractivity contribution is 9.11. The molecule has 0 radical (unpaired) electrons. The molecule has 1 heterocycles. The zero-order valence-corrected chi connectivity index (χ0v) is 23.5. The van der Waals surface area contributed by atoms with Crippen LogP contribution >= 0.6 is 43.6 Å². The van der Waals surface area contributed by atoms with E-state index in [0.29, 0.717) is 23.2 Å². The van der Waals surface area contributed by atoms with Crippen LogP contribution in [0.25, 0.3) is 6.08 Å². The fraction of sp³-hybridized carbons (Fsp3) is 0.185. The van der Waals surface area contributed by atoms with Gasteiger partial charge in [-0.05, 0) is 111 Å². The maximum absolute atomic E-state index is 13.0. The van der Waals surface area contributed by atoms with Crippen molar-refractivity contribution in [2.75, 3.05) is 13.7 Å². The number of carbonyl (C=O) groups excluding carboxylic acids is 1. The molecule has 8 heteroatoms. The second kappa shape index (κ2) is 11.5. The number of halogens is 2. The number of nitrogens with zero attached hydrogens (tertiary/aromatic N) is 2. The van der Waals surface area contributed by atoms with Crippen LogP contribution in [0.4, 0.5) is 5.69 Å². The number of amides is 1. The van der Waals surface area contributed by atoms with E-state index in [9.17, 15) is 4.79 Å². The molecule has 1 saturated heterocycles. The molecule has 1 fully saturated rings. The number of hydrogen-bond acceptors (Lipinski definition) is 5. The molecule has 180 valence electrons. The number of benzene rings is 3. The summed E-state index contributed by atoms with van der Waals surface area (Å²) in [7, 11) is 1.63. The highest BCUT2D eigenvalue weighted by atomic mass is 79.9. The van der Waals surface area contributed by atoms with Crippen LogP contribution in [-0.2, 0) is 11.4 Å². The van der Waals surface area contributed by atoms with Crippen molar-refractivity contribution in [1.29, 1.82) is 0 Å². The normalized spacial score (nSPS) is 15.8. The topological polar surface area (TPSA) is 51.1 Å². The Morgan fingerprint density at radius 2 is 1.69 bits per heavy atom. The average molecular weight is 616 g/mol. The van der Waals surface area contributed by atoms with Gasteiger partial charge in [-0.2, -0.15) is 0 Å². The molecule has 0 saturated carbocycles. The number of aliphatic imine (C=N–C) groups is 1. The summed E-state index contributed by atoms with van der Waals surface area (Å²) in [5, 5.41) is 0.657. The van der Waals surface area contributed by atoms with Gasteiger partial charge in [0.1, 0.15) is 18.1 Å². The van der Waals surface area contributed by atoms with E-state index in [1.165, 1.54) is 17.3 Å². The van der Waals surface area contributed by atoms with Crippen molar-refractivity contribution in [3.05, 3.63) is 91.2 Å². The summed E-state index contributed by atoms with van der Waals surface area (Å²) in [6.07, 6.45) is 1.88. The molecule has 3 aromatic rings. The van der Waals surface area contributed by atoms with Gasteiger partial charge in [0, 0.05) is 6.54 Å². The van der Waals surface area contributed by atoms with Gasteiger partial charge in [0.2, 0.25) is 0 Å². The summed E-state index contributed by atoms with van der Waals surface area (Å²) >= 11 is 8.61. The first-order valence-corrected chi connectivity index (χ1v) is 13.4. The smallest absolute Gasteiger partial charge is 0.266 e. The predicted octanol–water partition coefficient (Wildman–Crippen LogP) is 7.73. The fourth-order valence-electron chi connectivity index (χ4n) is 3.43. The Labute approximate surface area is 226 Å². The van der Waals surface area contributed by atoms with Gasteiger partial charge in [-0.3, -0.25) is 9.69 Å². The first-order valence-electron chi connectivity index (χ1n) is 11.0. The molecule has 1 amide bonds. The standard InChI is InChI=1S/C27H24Br2N2O3S/c1-4-31-26(32)24(35-27(31)30-20-9-11-21(33-3)12-10-20)15-19-13-22(28)25(23(29)14-19)34-16-18-7-5-17(2)6-8-18/h5-15H,4,16H2,1-3H3/b24-15+,30-27?. The van der Waals surface area contributed by atoms with Gasteiger partial charge in [-0.15, -0.1) is 0 Å². The van der Waals surface area contributed by atoms with Crippen LogP contribution in [0, 0.1) is 6.92 Å². The lowest BCUT2D eigenvalue weighted by molar-refractivity contribution is -0.122. The van der Waals surface area contributed by atoms with Crippen LogP contribution in [0.2, 0.25) is 0 Å². The van der Waals surface area contributed by atoms with Crippen molar-refractivity contribution in [3.63, 3.8) is 0 Å². The number of methoxy groups -OCH3 is 1. The van der Waals surface area contributed by atoms with Crippen molar-refractivity contribution in [3.8, 4) is 11.5 Å². The Kier molecular flexibility index (Phi) is 8.36. The molecule has 1 aliphatic rings. The number of aryl methyl sites for hydroxylation is 1. The molecule has 0 N–H and O–H groups in total. The Morgan fingerprint density at radius 3 is 2.29 bits per heavy atom. The molecule has 0 bridgehead atoms. The van der Waals surface area contributed by atoms with Crippen molar-refractivity contribution >= 4 is 66.5 Å². The second-order valence-corrected chi connectivity index (χ2v) is 10.6. The van der Waals surface area contributed by atoms with E-state index in [4.69, 9.17) is 9.47 Å². The maximum Gasteiger partial charge on any atom is 0.266 e. The molecule has 35 heavy (non-hydrogen) atoms. The molecule has 0 spiro atoms. The minimum Gasteiger partial charge on any atom is -0.497 e.